The van der Waals surface area contributed by atoms with Crippen molar-refractivity contribution in [1.29, 1.82) is 0 Å². The second-order valence-corrected chi connectivity index (χ2v) is 6.41. The Morgan fingerprint density at radius 3 is 2.33 bits per heavy atom. The van der Waals surface area contributed by atoms with Crippen LogP contribution in [0, 0.1) is 12.8 Å². The number of aryl methyl sites for hydroxylation is 1. The van der Waals surface area contributed by atoms with E-state index in [1.807, 2.05) is 31.2 Å². The Kier molecular flexibility index (Phi) is 4.90. The van der Waals surface area contributed by atoms with E-state index < -0.39 is 0 Å². The molecule has 2 aromatic rings. The smallest absolute Gasteiger partial charge is 0.274 e. The highest BCUT2D eigenvalue weighted by Crippen LogP contribution is 2.23. The number of Topliss-reactive ketones (excluding diaryl/α,β-unsaturated/α-hetero) is 1. The molecule has 1 aliphatic heterocycles. The molecule has 6 heteroatoms. The van der Waals surface area contributed by atoms with Gasteiger partial charge in [-0.3, -0.25) is 9.59 Å². The summed E-state index contributed by atoms with van der Waals surface area (Å²) in [5, 5.41) is 0.258. The third-order valence-electron chi connectivity index (χ3n) is 4.33. The van der Waals surface area contributed by atoms with Gasteiger partial charge in [0.1, 0.15) is 10.8 Å². The van der Waals surface area contributed by atoms with Crippen LogP contribution in [0.15, 0.2) is 36.7 Å². The van der Waals surface area contributed by atoms with Crippen molar-refractivity contribution in [2.75, 3.05) is 13.1 Å². The topological polar surface area (TPSA) is 63.2 Å². The highest BCUT2D eigenvalue weighted by molar-refractivity contribution is 6.29. The molecule has 0 atom stereocenters. The molecule has 1 aromatic heterocycles. The molecule has 0 radical (unpaired) electrons. The summed E-state index contributed by atoms with van der Waals surface area (Å²) >= 11 is 5.69. The molecule has 2 heterocycles. The SMILES string of the molecule is Cc1ccc(C(=O)C2CCN(C(=O)c3cnc(Cl)cn3)CC2)cc1. The number of hydrogen-bond donors (Lipinski definition) is 0. The van der Waals surface area contributed by atoms with E-state index in [2.05, 4.69) is 9.97 Å². The number of hydrogen-bond acceptors (Lipinski definition) is 4. The zero-order chi connectivity index (χ0) is 17.1. The number of amides is 1. The Morgan fingerprint density at radius 2 is 1.75 bits per heavy atom. The van der Waals surface area contributed by atoms with Gasteiger partial charge in [-0.25, -0.2) is 9.97 Å². The maximum absolute atomic E-state index is 12.6. The summed E-state index contributed by atoms with van der Waals surface area (Å²) < 4.78 is 0. The van der Waals surface area contributed by atoms with Crippen LogP contribution in [0.5, 0.6) is 0 Å². The Morgan fingerprint density at radius 1 is 1.08 bits per heavy atom. The van der Waals surface area contributed by atoms with E-state index in [1.165, 1.54) is 12.4 Å². The van der Waals surface area contributed by atoms with Gasteiger partial charge in [-0.2, -0.15) is 0 Å². The Bertz CT molecular complexity index is 670. The fourth-order valence-corrected chi connectivity index (χ4v) is 2.98. The standard InChI is InChI=1S/C18H18ClN3O2/c1-12-2-4-13(5-3-12)17(23)14-6-8-22(9-7-14)18(24)15-10-21-16(19)11-20-15/h2-5,10-11,14H,6-9H2,1H3. The molecular formula is C18H18ClN3O2. The molecule has 1 aromatic carbocycles. The molecule has 0 N–H and O–H groups in total. The molecule has 124 valence electrons. The average Bonchev–Trinajstić information content (AvgIpc) is 2.62. The molecule has 1 saturated heterocycles. The molecule has 1 fully saturated rings. The summed E-state index contributed by atoms with van der Waals surface area (Å²) in [6.07, 6.45) is 4.08. The van der Waals surface area contributed by atoms with Gasteiger partial charge >= 0.3 is 0 Å². The van der Waals surface area contributed by atoms with Gasteiger partial charge in [0.15, 0.2) is 5.78 Å². The summed E-state index contributed by atoms with van der Waals surface area (Å²) in [7, 11) is 0. The average molecular weight is 344 g/mol. The molecular weight excluding hydrogens is 326 g/mol. The van der Waals surface area contributed by atoms with Crippen LogP contribution < -0.4 is 0 Å². The van der Waals surface area contributed by atoms with E-state index in [1.54, 1.807) is 4.90 Å². The van der Waals surface area contributed by atoms with Gasteiger partial charge in [0.05, 0.1) is 12.4 Å². The number of likely N-dealkylation sites (tertiary alicyclic amines) is 1. The van der Waals surface area contributed by atoms with Gasteiger partial charge in [0.25, 0.3) is 5.91 Å². The lowest BCUT2D eigenvalue weighted by atomic mass is 9.88. The zero-order valence-corrected chi connectivity index (χ0v) is 14.2. The number of halogens is 1. The zero-order valence-electron chi connectivity index (χ0n) is 13.4. The summed E-state index contributed by atoms with van der Waals surface area (Å²) in [6, 6.07) is 7.65. The van der Waals surface area contributed by atoms with Crippen LogP contribution in [0.4, 0.5) is 0 Å². The Hall–Kier alpha value is -2.27. The van der Waals surface area contributed by atoms with E-state index in [0.29, 0.717) is 25.9 Å². The molecule has 0 bridgehead atoms. The van der Waals surface area contributed by atoms with E-state index in [4.69, 9.17) is 11.6 Å². The number of aromatic nitrogens is 2. The molecule has 3 rings (SSSR count). The fraction of sp³-hybridized carbons (Fsp3) is 0.333. The van der Waals surface area contributed by atoms with Crippen molar-refractivity contribution in [3.8, 4) is 0 Å². The maximum atomic E-state index is 12.6. The first kappa shape index (κ1) is 16.6. The minimum Gasteiger partial charge on any atom is -0.337 e. The van der Waals surface area contributed by atoms with Crippen LogP contribution in [0.1, 0.15) is 39.3 Å². The second kappa shape index (κ2) is 7.09. The van der Waals surface area contributed by atoms with Gasteiger partial charge in [-0.1, -0.05) is 41.4 Å². The highest BCUT2D eigenvalue weighted by Gasteiger charge is 2.28. The van der Waals surface area contributed by atoms with Crippen LogP contribution in [0.2, 0.25) is 5.15 Å². The number of carbonyl (C=O) groups is 2. The summed E-state index contributed by atoms with van der Waals surface area (Å²) in [5.74, 6) is -0.0400. The van der Waals surface area contributed by atoms with Gasteiger partial charge in [-0.15, -0.1) is 0 Å². The van der Waals surface area contributed by atoms with Gasteiger partial charge in [-0.05, 0) is 19.8 Å². The van der Waals surface area contributed by atoms with E-state index >= 15 is 0 Å². The van der Waals surface area contributed by atoms with Crippen molar-refractivity contribution in [1.82, 2.24) is 14.9 Å². The minimum atomic E-state index is -0.166. The van der Waals surface area contributed by atoms with Gasteiger partial charge in [0, 0.05) is 24.6 Å². The van der Waals surface area contributed by atoms with Crippen molar-refractivity contribution in [2.45, 2.75) is 19.8 Å². The fourth-order valence-electron chi connectivity index (χ4n) is 2.88. The summed E-state index contributed by atoms with van der Waals surface area (Å²) in [4.78, 5) is 34.6. The molecule has 1 aliphatic rings. The predicted octanol–water partition coefficient (Wildman–Crippen LogP) is 3.17. The number of benzene rings is 1. The first-order valence-corrected chi connectivity index (χ1v) is 8.30. The summed E-state index contributed by atoms with van der Waals surface area (Å²) in [5.41, 5.74) is 2.16. The van der Waals surface area contributed by atoms with Crippen molar-refractivity contribution in [2.24, 2.45) is 5.92 Å². The Balaban J connectivity index is 1.61. The molecule has 0 unspecified atom stereocenters. The lowest BCUT2D eigenvalue weighted by Crippen LogP contribution is -2.40. The molecule has 0 saturated carbocycles. The van der Waals surface area contributed by atoms with Crippen LogP contribution in [0.25, 0.3) is 0 Å². The van der Waals surface area contributed by atoms with Crippen LogP contribution >= 0.6 is 11.6 Å². The Labute approximate surface area is 145 Å². The quantitative estimate of drug-likeness (QED) is 0.803. The first-order chi connectivity index (χ1) is 11.5. The predicted molar refractivity (Wildman–Crippen MR) is 91.2 cm³/mol. The van der Waals surface area contributed by atoms with Crippen molar-refractivity contribution in [3.05, 3.63) is 58.6 Å². The van der Waals surface area contributed by atoms with E-state index in [9.17, 15) is 9.59 Å². The molecule has 1 amide bonds. The molecule has 0 aliphatic carbocycles. The lowest BCUT2D eigenvalue weighted by molar-refractivity contribution is 0.0645. The third-order valence-corrected chi connectivity index (χ3v) is 4.52. The molecule has 0 spiro atoms. The molecule has 5 nitrogen and oxygen atoms in total. The monoisotopic (exact) mass is 343 g/mol. The number of carbonyl (C=O) groups excluding carboxylic acids is 2. The van der Waals surface area contributed by atoms with Gasteiger partial charge in [0.2, 0.25) is 0 Å². The van der Waals surface area contributed by atoms with Crippen molar-refractivity contribution < 1.29 is 9.59 Å². The van der Waals surface area contributed by atoms with E-state index in [-0.39, 0.29) is 28.5 Å². The molecule has 24 heavy (non-hydrogen) atoms. The maximum Gasteiger partial charge on any atom is 0.274 e. The number of rotatable bonds is 3. The second-order valence-electron chi connectivity index (χ2n) is 6.02. The largest absolute Gasteiger partial charge is 0.337 e. The third kappa shape index (κ3) is 3.62. The minimum absolute atomic E-state index is 0.0342. The number of nitrogens with zero attached hydrogens (tertiary/aromatic N) is 3. The van der Waals surface area contributed by atoms with Crippen LogP contribution in [-0.2, 0) is 0 Å². The van der Waals surface area contributed by atoms with Crippen LogP contribution in [-0.4, -0.2) is 39.6 Å². The van der Waals surface area contributed by atoms with E-state index in [0.717, 1.165) is 11.1 Å². The first-order valence-electron chi connectivity index (χ1n) is 7.92. The normalized spacial score (nSPS) is 15.3. The highest BCUT2D eigenvalue weighted by atomic mass is 35.5. The lowest BCUT2D eigenvalue weighted by Gasteiger charge is -2.31. The van der Waals surface area contributed by atoms with Crippen molar-refractivity contribution >= 4 is 23.3 Å². The van der Waals surface area contributed by atoms with Gasteiger partial charge < -0.3 is 4.90 Å². The van der Waals surface area contributed by atoms with Crippen LogP contribution in [0.3, 0.4) is 0 Å². The summed E-state index contributed by atoms with van der Waals surface area (Å²) in [6.45, 7) is 3.09. The number of ketones is 1. The number of piperidine rings is 1. The van der Waals surface area contributed by atoms with Crippen molar-refractivity contribution in [3.63, 3.8) is 0 Å².